The lowest BCUT2D eigenvalue weighted by Gasteiger charge is -2.43. The number of nitrogens with zero attached hydrogens (tertiary/aromatic N) is 3. The Morgan fingerprint density at radius 2 is 1.92 bits per heavy atom. The summed E-state index contributed by atoms with van der Waals surface area (Å²) in [7, 11) is 3.37. The third-order valence-electron chi connectivity index (χ3n) is 7.16. The van der Waals surface area contributed by atoms with Gasteiger partial charge in [-0.25, -0.2) is 4.79 Å². The molecule has 3 aromatic rings. The van der Waals surface area contributed by atoms with Gasteiger partial charge in [-0.05, 0) is 37.3 Å². The number of ether oxygens (including phenoxy) is 3. The molecule has 3 heterocycles. The Balaban J connectivity index is 1.34. The van der Waals surface area contributed by atoms with Gasteiger partial charge in [0.15, 0.2) is 11.4 Å². The molecule has 0 unspecified atom stereocenters. The largest absolute Gasteiger partial charge is 0.496 e. The number of piperidine rings is 1. The number of hydrogen-bond donors (Lipinski definition) is 2. The number of Topliss-reactive ketones (excluding diaryl/α,β-unsaturated/α-hetero) is 1. The van der Waals surface area contributed by atoms with Crippen molar-refractivity contribution in [2.24, 2.45) is 7.05 Å². The summed E-state index contributed by atoms with van der Waals surface area (Å²) in [6, 6.07) is 8.33. The molecule has 11 heteroatoms. The van der Waals surface area contributed by atoms with E-state index in [1.54, 1.807) is 53.2 Å². The first-order valence-corrected chi connectivity index (χ1v) is 12.7. The average Bonchev–Trinajstić information content (AvgIpc) is 3.34. The number of hydrogen-bond acceptors (Lipinski definition) is 7. The minimum absolute atomic E-state index is 0.0734. The molecule has 39 heavy (non-hydrogen) atoms. The molecule has 0 bridgehead atoms. The monoisotopic (exact) mass is 534 g/mol. The Bertz CT molecular complexity index is 1440. The van der Waals surface area contributed by atoms with Crippen LogP contribution in [-0.4, -0.2) is 70.0 Å². The molecule has 1 fully saturated rings. The molecule has 2 aliphatic heterocycles. The molecule has 2 aromatic carbocycles. The SMILES string of the molecule is CCOc1cc(C(=O)N2CCC3(CC2)Oc2ccc(NC(=O)O)cc2CC3=O)cc(OC)c1-c1cnn(C)c1. The Morgan fingerprint density at radius 1 is 1.18 bits per heavy atom. The average molecular weight is 535 g/mol. The van der Waals surface area contributed by atoms with Crippen LogP contribution in [0.2, 0.25) is 0 Å². The third kappa shape index (κ3) is 4.99. The highest BCUT2D eigenvalue weighted by Crippen LogP contribution is 2.41. The van der Waals surface area contributed by atoms with Gasteiger partial charge in [0.2, 0.25) is 0 Å². The first-order chi connectivity index (χ1) is 18.7. The van der Waals surface area contributed by atoms with E-state index in [1.165, 1.54) is 0 Å². The first-order valence-electron chi connectivity index (χ1n) is 12.7. The van der Waals surface area contributed by atoms with Crippen molar-refractivity contribution < 1.29 is 33.7 Å². The third-order valence-corrected chi connectivity index (χ3v) is 7.16. The number of nitrogens with one attached hydrogen (secondary N) is 1. The standard InChI is InChI=1S/C28H30N4O7/c1-4-38-23-13-18(12-22(37-3)25(23)19-15-29-31(2)16-19)26(34)32-9-7-28(8-10-32)24(33)14-17-11-20(30-27(35)36)5-6-21(17)39-28/h5-6,11-13,15-16,30H,4,7-10,14H2,1-3H3,(H,35,36). The summed E-state index contributed by atoms with van der Waals surface area (Å²) in [5.41, 5.74) is 1.98. The second kappa shape index (κ2) is 10.3. The number of fused-ring (bicyclic) bond motifs is 1. The van der Waals surface area contributed by atoms with Crippen LogP contribution in [0.3, 0.4) is 0 Å². The summed E-state index contributed by atoms with van der Waals surface area (Å²) in [6.45, 7) is 2.97. The van der Waals surface area contributed by atoms with E-state index in [2.05, 4.69) is 10.4 Å². The molecule has 2 N–H and O–H groups in total. The van der Waals surface area contributed by atoms with Crippen molar-refractivity contribution in [2.75, 3.05) is 32.1 Å². The van der Waals surface area contributed by atoms with Crippen LogP contribution in [0, 0.1) is 0 Å². The highest BCUT2D eigenvalue weighted by Gasteiger charge is 2.47. The molecule has 0 radical (unpaired) electrons. The van der Waals surface area contributed by atoms with Crippen molar-refractivity contribution in [3.8, 4) is 28.4 Å². The van der Waals surface area contributed by atoms with Crippen LogP contribution in [0.5, 0.6) is 17.2 Å². The van der Waals surface area contributed by atoms with Gasteiger partial charge in [-0.15, -0.1) is 0 Å². The van der Waals surface area contributed by atoms with E-state index in [4.69, 9.17) is 19.3 Å². The van der Waals surface area contributed by atoms with Crippen molar-refractivity contribution in [3.05, 3.63) is 53.9 Å². The van der Waals surface area contributed by atoms with Gasteiger partial charge in [0.1, 0.15) is 17.2 Å². The van der Waals surface area contributed by atoms with E-state index in [0.717, 1.165) is 11.1 Å². The number of aromatic nitrogens is 2. The zero-order valence-corrected chi connectivity index (χ0v) is 22.0. The first kappa shape index (κ1) is 26.1. The van der Waals surface area contributed by atoms with Gasteiger partial charge in [0, 0.05) is 68.0 Å². The lowest BCUT2D eigenvalue weighted by molar-refractivity contribution is -0.139. The second-order valence-electron chi connectivity index (χ2n) is 9.63. The summed E-state index contributed by atoms with van der Waals surface area (Å²) in [5, 5.41) is 15.5. The van der Waals surface area contributed by atoms with Gasteiger partial charge in [-0.3, -0.25) is 19.6 Å². The van der Waals surface area contributed by atoms with Crippen LogP contribution >= 0.6 is 0 Å². The Kier molecular flexibility index (Phi) is 6.90. The fraction of sp³-hybridized carbons (Fsp3) is 0.357. The summed E-state index contributed by atoms with van der Waals surface area (Å²) >= 11 is 0. The fourth-order valence-electron chi connectivity index (χ4n) is 5.23. The molecule has 1 spiro atoms. The maximum Gasteiger partial charge on any atom is 0.409 e. The predicted molar refractivity (Wildman–Crippen MR) is 142 cm³/mol. The predicted octanol–water partition coefficient (Wildman–Crippen LogP) is 3.76. The molecular weight excluding hydrogens is 504 g/mol. The summed E-state index contributed by atoms with van der Waals surface area (Å²) in [6.07, 6.45) is 3.25. The highest BCUT2D eigenvalue weighted by atomic mass is 16.5. The molecule has 0 saturated carbocycles. The zero-order valence-electron chi connectivity index (χ0n) is 22.0. The lowest BCUT2D eigenvalue weighted by atomic mass is 9.81. The number of ketones is 1. The summed E-state index contributed by atoms with van der Waals surface area (Å²) in [4.78, 5) is 39.4. The number of carbonyl (C=O) groups excluding carboxylic acids is 2. The number of methoxy groups -OCH3 is 1. The van der Waals surface area contributed by atoms with Crippen molar-refractivity contribution in [3.63, 3.8) is 0 Å². The van der Waals surface area contributed by atoms with Crippen molar-refractivity contribution >= 4 is 23.5 Å². The summed E-state index contributed by atoms with van der Waals surface area (Å²) < 4.78 is 19.4. The van der Waals surface area contributed by atoms with Crippen LogP contribution < -0.4 is 19.5 Å². The van der Waals surface area contributed by atoms with Crippen molar-refractivity contribution in [2.45, 2.75) is 31.8 Å². The smallest absolute Gasteiger partial charge is 0.409 e. The Morgan fingerprint density at radius 3 is 2.56 bits per heavy atom. The molecule has 2 aliphatic rings. The normalized spacial score (nSPS) is 15.9. The van der Waals surface area contributed by atoms with E-state index in [0.29, 0.717) is 66.6 Å². The molecule has 11 nitrogen and oxygen atoms in total. The van der Waals surface area contributed by atoms with Gasteiger partial charge < -0.3 is 24.2 Å². The number of likely N-dealkylation sites (tertiary alicyclic amines) is 1. The van der Waals surface area contributed by atoms with E-state index in [9.17, 15) is 14.4 Å². The molecule has 1 aromatic heterocycles. The molecule has 2 amide bonds. The molecule has 1 saturated heterocycles. The maximum atomic E-state index is 13.6. The minimum Gasteiger partial charge on any atom is -0.496 e. The van der Waals surface area contributed by atoms with E-state index < -0.39 is 11.7 Å². The number of aryl methyl sites for hydroxylation is 1. The molecule has 5 rings (SSSR count). The van der Waals surface area contributed by atoms with Crippen LogP contribution in [0.1, 0.15) is 35.7 Å². The topological polar surface area (TPSA) is 132 Å². The van der Waals surface area contributed by atoms with Crippen molar-refractivity contribution in [1.29, 1.82) is 0 Å². The number of carbonyl (C=O) groups is 3. The molecule has 0 atom stereocenters. The quantitative estimate of drug-likeness (QED) is 0.489. The highest BCUT2D eigenvalue weighted by molar-refractivity contribution is 5.98. The van der Waals surface area contributed by atoms with Gasteiger partial charge in [-0.1, -0.05) is 0 Å². The van der Waals surface area contributed by atoms with Crippen molar-refractivity contribution in [1.82, 2.24) is 14.7 Å². The van der Waals surface area contributed by atoms with Gasteiger partial charge in [-0.2, -0.15) is 5.10 Å². The molecular formula is C28H30N4O7. The van der Waals surface area contributed by atoms with E-state index in [1.807, 2.05) is 20.2 Å². The van der Waals surface area contributed by atoms with Gasteiger partial charge in [0.05, 0.1) is 25.5 Å². The number of rotatable bonds is 6. The molecule has 204 valence electrons. The van der Waals surface area contributed by atoms with E-state index in [-0.39, 0.29) is 18.1 Å². The number of benzene rings is 2. The summed E-state index contributed by atoms with van der Waals surface area (Å²) in [5.74, 6) is 1.33. The number of carboxylic acid groups (broad SMARTS) is 1. The van der Waals surface area contributed by atoms with Crippen LogP contribution in [0.4, 0.5) is 10.5 Å². The van der Waals surface area contributed by atoms with E-state index >= 15 is 0 Å². The fourth-order valence-corrected chi connectivity index (χ4v) is 5.23. The van der Waals surface area contributed by atoms with Gasteiger partial charge in [0.25, 0.3) is 5.91 Å². The minimum atomic E-state index is -1.18. The number of amides is 2. The number of anilines is 1. The Labute approximate surface area is 225 Å². The van der Waals surface area contributed by atoms with Gasteiger partial charge >= 0.3 is 6.09 Å². The zero-order chi connectivity index (χ0) is 27.7. The second-order valence-corrected chi connectivity index (χ2v) is 9.63. The van der Waals surface area contributed by atoms with Crippen LogP contribution in [0.25, 0.3) is 11.1 Å². The molecule has 0 aliphatic carbocycles. The van der Waals surface area contributed by atoms with Crippen LogP contribution in [-0.2, 0) is 18.3 Å². The van der Waals surface area contributed by atoms with Crippen LogP contribution in [0.15, 0.2) is 42.7 Å². The maximum absolute atomic E-state index is 13.6. The Hall–Kier alpha value is -4.54. The lowest BCUT2D eigenvalue weighted by Crippen LogP contribution is -2.56.